The van der Waals surface area contributed by atoms with Crippen LogP contribution in [0.15, 0.2) is 24.3 Å². The summed E-state index contributed by atoms with van der Waals surface area (Å²) in [4.78, 5) is 9.77. The summed E-state index contributed by atoms with van der Waals surface area (Å²) in [6, 6.07) is 3.97. The van der Waals surface area contributed by atoms with E-state index in [0.717, 1.165) is 6.07 Å². The lowest BCUT2D eigenvalue weighted by Crippen LogP contribution is -2.17. The highest BCUT2D eigenvalue weighted by molar-refractivity contribution is 5.54. The third-order valence-corrected chi connectivity index (χ3v) is 2.20. The van der Waals surface area contributed by atoms with E-state index in [1.807, 2.05) is 20.0 Å². The van der Waals surface area contributed by atoms with Crippen LogP contribution in [0.5, 0.6) is 0 Å². The molecule has 0 spiro atoms. The van der Waals surface area contributed by atoms with Crippen molar-refractivity contribution in [2.75, 3.05) is 7.05 Å². The number of halogens is 1. The Kier molecular flexibility index (Phi) is 4.13. The number of hydrogen-bond donors (Lipinski definition) is 1. The van der Waals surface area contributed by atoms with Gasteiger partial charge in [-0.25, -0.2) is 0 Å². The molecule has 1 aromatic rings. The van der Waals surface area contributed by atoms with Gasteiger partial charge in [-0.15, -0.1) is 0 Å². The normalized spacial score (nSPS) is 12.9. The van der Waals surface area contributed by atoms with E-state index in [0.29, 0.717) is 5.56 Å². The van der Waals surface area contributed by atoms with Crippen molar-refractivity contribution in [1.29, 1.82) is 0 Å². The van der Waals surface area contributed by atoms with Crippen LogP contribution in [-0.2, 0) is 0 Å². The van der Waals surface area contributed by atoms with Crippen LogP contribution in [0.2, 0.25) is 0 Å². The van der Waals surface area contributed by atoms with Gasteiger partial charge in [0.15, 0.2) is 0 Å². The van der Waals surface area contributed by atoms with Crippen molar-refractivity contribution in [3.63, 3.8) is 0 Å². The maximum Gasteiger partial charge on any atom is 0.305 e. The Labute approximate surface area is 92.9 Å². The lowest BCUT2D eigenvalue weighted by molar-refractivity contribution is -0.387. The Hall–Kier alpha value is -1.75. The molecule has 0 aromatic heterocycles. The molecular weight excluding hydrogens is 211 g/mol. The Morgan fingerprint density at radius 2 is 2.25 bits per heavy atom. The molecule has 1 unspecified atom stereocenters. The third kappa shape index (κ3) is 3.13. The molecule has 0 aliphatic rings. The monoisotopic (exact) mass is 224 g/mol. The fourth-order valence-electron chi connectivity index (χ4n) is 1.12. The Balaban J connectivity index is 2.95. The zero-order valence-electron chi connectivity index (χ0n) is 9.11. The van der Waals surface area contributed by atoms with Crippen molar-refractivity contribution in [2.45, 2.75) is 13.0 Å². The molecule has 0 radical (unpaired) electrons. The first-order chi connectivity index (χ1) is 7.54. The number of benzene rings is 1. The van der Waals surface area contributed by atoms with E-state index in [9.17, 15) is 14.5 Å². The van der Waals surface area contributed by atoms with Crippen LogP contribution in [0, 0.1) is 15.9 Å². The van der Waals surface area contributed by atoms with Gasteiger partial charge in [-0.1, -0.05) is 18.2 Å². The minimum atomic E-state index is -0.816. The molecule has 0 aliphatic heterocycles. The van der Waals surface area contributed by atoms with Crippen molar-refractivity contribution in [2.24, 2.45) is 0 Å². The molecule has 1 atom stereocenters. The van der Waals surface area contributed by atoms with Gasteiger partial charge in [-0.2, -0.15) is 4.39 Å². The number of nitrogens with zero attached hydrogens (tertiary/aromatic N) is 1. The van der Waals surface area contributed by atoms with E-state index in [1.54, 1.807) is 6.08 Å². The molecule has 0 amide bonds. The second-order valence-corrected chi connectivity index (χ2v) is 3.40. The van der Waals surface area contributed by atoms with Crippen molar-refractivity contribution in [3.05, 3.63) is 45.8 Å². The lowest BCUT2D eigenvalue weighted by Gasteiger charge is -2.02. The first kappa shape index (κ1) is 12.3. The average molecular weight is 224 g/mol. The van der Waals surface area contributed by atoms with E-state index in [-0.39, 0.29) is 6.04 Å². The second kappa shape index (κ2) is 5.37. The molecule has 1 rings (SSSR count). The van der Waals surface area contributed by atoms with Gasteiger partial charge in [-0.3, -0.25) is 10.1 Å². The number of nitro benzene ring substituents is 1. The van der Waals surface area contributed by atoms with Gasteiger partial charge in [0.1, 0.15) is 0 Å². The molecule has 16 heavy (non-hydrogen) atoms. The molecule has 0 heterocycles. The third-order valence-electron chi connectivity index (χ3n) is 2.20. The first-order valence-corrected chi connectivity index (χ1v) is 4.84. The largest absolute Gasteiger partial charge is 0.314 e. The zero-order valence-corrected chi connectivity index (χ0v) is 9.11. The molecule has 0 aliphatic carbocycles. The predicted molar refractivity (Wildman–Crippen MR) is 60.6 cm³/mol. The number of nitrogens with one attached hydrogen (secondary N) is 1. The first-order valence-electron chi connectivity index (χ1n) is 4.84. The molecule has 0 fully saturated rings. The Morgan fingerprint density at radius 3 is 2.81 bits per heavy atom. The molecule has 1 aromatic carbocycles. The van der Waals surface area contributed by atoms with Crippen molar-refractivity contribution in [3.8, 4) is 0 Å². The van der Waals surface area contributed by atoms with E-state index in [2.05, 4.69) is 5.32 Å². The maximum absolute atomic E-state index is 13.0. The van der Waals surface area contributed by atoms with Crippen LogP contribution >= 0.6 is 0 Å². The van der Waals surface area contributed by atoms with Crippen LogP contribution in [0.25, 0.3) is 6.08 Å². The van der Waals surface area contributed by atoms with Gasteiger partial charge in [0.25, 0.3) is 0 Å². The smallest absolute Gasteiger partial charge is 0.305 e. The molecule has 1 N–H and O–H groups in total. The molecule has 4 nitrogen and oxygen atoms in total. The summed E-state index contributed by atoms with van der Waals surface area (Å²) in [5, 5.41) is 13.5. The van der Waals surface area contributed by atoms with Gasteiger partial charge >= 0.3 is 5.69 Å². The van der Waals surface area contributed by atoms with E-state index in [1.165, 1.54) is 12.1 Å². The van der Waals surface area contributed by atoms with Crippen LogP contribution < -0.4 is 5.32 Å². The zero-order chi connectivity index (χ0) is 12.1. The molecule has 0 saturated heterocycles. The van der Waals surface area contributed by atoms with Gasteiger partial charge in [0.05, 0.1) is 4.92 Å². The SMILES string of the molecule is CNC(C)/C=C/c1ccc(F)c([N+](=O)[O-])c1. The maximum atomic E-state index is 13.0. The van der Waals surface area contributed by atoms with Crippen molar-refractivity contribution >= 4 is 11.8 Å². The Morgan fingerprint density at radius 1 is 1.56 bits per heavy atom. The van der Waals surface area contributed by atoms with E-state index < -0.39 is 16.4 Å². The number of nitro groups is 1. The van der Waals surface area contributed by atoms with Crippen LogP contribution in [0.1, 0.15) is 12.5 Å². The predicted octanol–water partition coefficient (Wildman–Crippen LogP) is 2.36. The van der Waals surface area contributed by atoms with Crippen molar-refractivity contribution < 1.29 is 9.31 Å². The highest BCUT2D eigenvalue weighted by atomic mass is 19.1. The highest BCUT2D eigenvalue weighted by Gasteiger charge is 2.13. The quantitative estimate of drug-likeness (QED) is 0.631. The van der Waals surface area contributed by atoms with Crippen LogP contribution in [0.3, 0.4) is 0 Å². The van der Waals surface area contributed by atoms with E-state index >= 15 is 0 Å². The van der Waals surface area contributed by atoms with Gasteiger partial charge in [0, 0.05) is 12.1 Å². The summed E-state index contributed by atoms with van der Waals surface area (Å²) in [5.74, 6) is -0.816. The van der Waals surface area contributed by atoms with Crippen molar-refractivity contribution in [1.82, 2.24) is 5.32 Å². The summed E-state index contributed by atoms with van der Waals surface area (Å²) in [6.45, 7) is 1.94. The summed E-state index contributed by atoms with van der Waals surface area (Å²) >= 11 is 0. The standard InChI is InChI=1S/C11H13FN2O2/c1-8(13-2)3-4-9-5-6-10(12)11(7-9)14(15)16/h3-8,13H,1-2H3/b4-3+. The van der Waals surface area contributed by atoms with Gasteiger partial charge in [-0.05, 0) is 25.6 Å². The Bertz CT molecular complexity index is 418. The van der Waals surface area contributed by atoms with Crippen LogP contribution in [-0.4, -0.2) is 18.0 Å². The average Bonchev–Trinajstić information content (AvgIpc) is 2.27. The topological polar surface area (TPSA) is 55.2 Å². The van der Waals surface area contributed by atoms with E-state index in [4.69, 9.17) is 0 Å². The number of likely N-dealkylation sites (N-methyl/N-ethyl adjacent to an activating group) is 1. The van der Waals surface area contributed by atoms with Gasteiger partial charge < -0.3 is 5.32 Å². The molecule has 0 bridgehead atoms. The summed E-state index contributed by atoms with van der Waals surface area (Å²) in [5.41, 5.74) is 0.106. The number of rotatable bonds is 4. The van der Waals surface area contributed by atoms with Crippen LogP contribution in [0.4, 0.5) is 10.1 Å². The van der Waals surface area contributed by atoms with Gasteiger partial charge in [0.2, 0.25) is 5.82 Å². The minimum Gasteiger partial charge on any atom is -0.314 e. The molecule has 5 heteroatoms. The fourth-order valence-corrected chi connectivity index (χ4v) is 1.12. The summed E-state index contributed by atoms with van der Waals surface area (Å²) in [7, 11) is 1.81. The molecule has 0 saturated carbocycles. The fraction of sp³-hybridized carbons (Fsp3) is 0.273. The number of hydrogen-bond acceptors (Lipinski definition) is 3. The summed E-state index contributed by atoms with van der Waals surface area (Å²) in [6.07, 6.45) is 3.56. The molecule has 86 valence electrons. The minimum absolute atomic E-state index is 0.157. The summed E-state index contributed by atoms with van der Waals surface area (Å²) < 4.78 is 13.0. The molecular formula is C11H13FN2O2. The highest BCUT2D eigenvalue weighted by Crippen LogP contribution is 2.19. The lowest BCUT2D eigenvalue weighted by atomic mass is 10.1. The second-order valence-electron chi connectivity index (χ2n) is 3.40.